The lowest BCUT2D eigenvalue weighted by molar-refractivity contribution is 0.246. The van der Waals surface area contributed by atoms with Crippen molar-refractivity contribution in [1.29, 1.82) is 0 Å². The molecule has 0 radical (unpaired) electrons. The summed E-state index contributed by atoms with van der Waals surface area (Å²) in [7, 11) is 0. The number of hydrogen-bond donors (Lipinski definition) is 0. The van der Waals surface area contributed by atoms with Crippen molar-refractivity contribution >= 4 is 11.3 Å². The number of hydrogen-bond acceptors (Lipinski definition) is 5. The van der Waals surface area contributed by atoms with Crippen molar-refractivity contribution < 1.29 is 14.2 Å². The quantitative estimate of drug-likeness (QED) is 0.225. The molecule has 0 saturated heterocycles. The lowest BCUT2D eigenvalue weighted by Gasteiger charge is -2.14. The van der Waals surface area contributed by atoms with Crippen LogP contribution >= 0.6 is 11.3 Å². The Morgan fingerprint density at radius 3 is 2.47 bits per heavy atom. The molecule has 1 aromatic heterocycles. The second-order valence-electron chi connectivity index (χ2n) is 7.39. The summed E-state index contributed by atoms with van der Waals surface area (Å²) in [5.74, 6) is 3.43. The molecule has 4 aromatic rings. The molecule has 164 valence electrons. The van der Waals surface area contributed by atoms with E-state index in [0.29, 0.717) is 13.2 Å². The van der Waals surface area contributed by atoms with Crippen LogP contribution in [0.25, 0.3) is 11.3 Å². The minimum absolute atomic E-state index is 0.596. The van der Waals surface area contributed by atoms with E-state index in [2.05, 4.69) is 18.0 Å². The first-order chi connectivity index (χ1) is 15.8. The van der Waals surface area contributed by atoms with Gasteiger partial charge in [0, 0.05) is 17.4 Å². The minimum atomic E-state index is 0.596. The van der Waals surface area contributed by atoms with Gasteiger partial charge >= 0.3 is 0 Å². The fourth-order valence-corrected chi connectivity index (χ4v) is 3.94. The van der Waals surface area contributed by atoms with Gasteiger partial charge < -0.3 is 14.2 Å². The molecule has 4 rings (SSSR count). The van der Waals surface area contributed by atoms with Gasteiger partial charge in [-0.2, -0.15) is 0 Å². The highest BCUT2D eigenvalue weighted by atomic mass is 32.1. The molecule has 3 aromatic carbocycles. The lowest BCUT2D eigenvalue weighted by Crippen LogP contribution is -2.06. The highest BCUT2D eigenvalue weighted by Gasteiger charge is 2.07. The number of rotatable bonds is 11. The summed E-state index contributed by atoms with van der Waals surface area (Å²) in [6.45, 7) is 3.36. The zero-order chi connectivity index (χ0) is 22.0. The molecule has 0 saturated carbocycles. The van der Waals surface area contributed by atoms with Crippen LogP contribution in [0.1, 0.15) is 25.3 Å². The Bertz CT molecular complexity index is 1100. The standard InChI is InChI=1S/C27H27NO3S/c1-2-8-22-18-25(31-23-10-4-3-5-11-23)13-14-27(22)30-16-7-15-29-24-12-6-9-21(17-24)26-19-32-20-28-26/h3-6,9-14,17-20H,2,7-8,15-16H2,1H3. The maximum Gasteiger partial charge on any atom is 0.127 e. The van der Waals surface area contributed by atoms with Gasteiger partial charge in [0.05, 0.1) is 24.4 Å². The Kier molecular flexibility index (Phi) is 7.77. The summed E-state index contributed by atoms with van der Waals surface area (Å²) in [5.41, 5.74) is 5.06. The molecule has 0 aliphatic carbocycles. The first-order valence-electron chi connectivity index (χ1n) is 10.9. The van der Waals surface area contributed by atoms with Crippen molar-refractivity contribution in [3.05, 3.63) is 89.3 Å². The van der Waals surface area contributed by atoms with Crippen LogP contribution in [0.5, 0.6) is 23.0 Å². The second kappa shape index (κ2) is 11.3. The fourth-order valence-electron chi connectivity index (χ4n) is 3.38. The smallest absolute Gasteiger partial charge is 0.127 e. The summed E-state index contributed by atoms with van der Waals surface area (Å²) >= 11 is 1.59. The van der Waals surface area contributed by atoms with Crippen LogP contribution in [-0.4, -0.2) is 18.2 Å². The summed E-state index contributed by atoms with van der Waals surface area (Å²) in [6, 6.07) is 23.9. The molecule has 1 heterocycles. The molecule has 0 spiro atoms. The molecule has 0 bridgehead atoms. The number of thiazole rings is 1. The van der Waals surface area contributed by atoms with Gasteiger partial charge in [0.25, 0.3) is 0 Å². The Hall–Kier alpha value is -3.31. The Morgan fingerprint density at radius 2 is 1.66 bits per heavy atom. The topological polar surface area (TPSA) is 40.6 Å². The predicted molar refractivity (Wildman–Crippen MR) is 130 cm³/mol. The number of aromatic nitrogens is 1. The summed E-state index contributed by atoms with van der Waals surface area (Å²) in [6.07, 6.45) is 2.79. The van der Waals surface area contributed by atoms with E-state index in [-0.39, 0.29) is 0 Å². The van der Waals surface area contributed by atoms with Gasteiger partial charge in [0.1, 0.15) is 23.0 Å². The highest BCUT2D eigenvalue weighted by Crippen LogP contribution is 2.29. The van der Waals surface area contributed by atoms with Crippen LogP contribution in [0.3, 0.4) is 0 Å². The maximum atomic E-state index is 6.07. The maximum absolute atomic E-state index is 6.07. The number of benzene rings is 3. The fraction of sp³-hybridized carbons (Fsp3) is 0.222. The number of para-hydroxylation sites is 1. The van der Waals surface area contributed by atoms with Crippen LogP contribution in [-0.2, 0) is 6.42 Å². The van der Waals surface area contributed by atoms with E-state index in [1.807, 2.05) is 77.6 Å². The van der Waals surface area contributed by atoms with Crippen molar-refractivity contribution in [2.45, 2.75) is 26.2 Å². The van der Waals surface area contributed by atoms with Crippen molar-refractivity contribution in [1.82, 2.24) is 4.98 Å². The van der Waals surface area contributed by atoms with E-state index < -0.39 is 0 Å². The Labute approximate surface area is 193 Å². The molecule has 0 amide bonds. The molecule has 4 nitrogen and oxygen atoms in total. The molecule has 5 heteroatoms. The normalized spacial score (nSPS) is 10.7. The molecular weight excluding hydrogens is 418 g/mol. The third kappa shape index (κ3) is 6.11. The first kappa shape index (κ1) is 21.9. The second-order valence-corrected chi connectivity index (χ2v) is 8.11. The molecule has 0 atom stereocenters. The van der Waals surface area contributed by atoms with Crippen LogP contribution in [0.4, 0.5) is 0 Å². The lowest BCUT2D eigenvalue weighted by atomic mass is 10.1. The van der Waals surface area contributed by atoms with Crippen LogP contribution in [0.2, 0.25) is 0 Å². The van der Waals surface area contributed by atoms with E-state index in [4.69, 9.17) is 14.2 Å². The number of aryl methyl sites for hydroxylation is 1. The van der Waals surface area contributed by atoms with Crippen LogP contribution in [0, 0.1) is 0 Å². The van der Waals surface area contributed by atoms with Crippen LogP contribution in [0.15, 0.2) is 83.7 Å². The van der Waals surface area contributed by atoms with Crippen molar-refractivity contribution in [3.63, 3.8) is 0 Å². The average Bonchev–Trinajstić information content (AvgIpc) is 3.36. The predicted octanol–water partition coefficient (Wildman–Crippen LogP) is 7.40. The largest absolute Gasteiger partial charge is 0.493 e. The minimum Gasteiger partial charge on any atom is -0.493 e. The Morgan fingerprint density at radius 1 is 0.812 bits per heavy atom. The third-order valence-electron chi connectivity index (χ3n) is 4.91. The van der Waals surface area contributed by atoms with E-state index >= 15 is 0 Å². The van der Waals surface area contributed by atoms with Gasteiger partial charge in [0.2, 0.25) is 0 Å². The van der Waals surface area contributed by atoms with E-state index in [9.17, 15) is 0 Å². The molecule has 32 heavy (non-hydrogen) atoms. The van der Waals surface area contributed by atoms with E-state index in [1.165, 1.54) is 0 Å². The van der Waals surface area contributed by atoms with Gasteiger partial charge in [-0.3, -0.25) is 0 Å². The summed E-state index contributed by atoms with van der Waals surface area (Å²) in [5, 5.41) is 2.04. The molecule has 0 fully saturated rings. The molecular formula is C27H27NO3S. The molecule has 0 aliphatic rings. The first-order valence-corrected chi connectivity index (χ1v) is 11.9. The zero-order valence-corrected chi connectivity index (χ0v) is 19.0. The third-order valence-corrected chi connectivity index (χ3v) is 5.49. The molecule has 0 unspecified atom stereocenters. The summed E-state index contributed by atoms with van der Waals surface area (Å²) < 4.78 is 18.0. The van der Waals surface area contributed by atoms with E-state index in [1.54, 1.807) is 11.3 Å². The number of nitrogens with zero attached hydrogens (tertiary/aromatic N) is 1. The monoisotopic (exact) mass is 445 g/mol. The van der Waals surface area contributed by atoms with Crippen molar-refractivity contribution in [2.75, 3.05) is 13.2 Å². The van der Waals surface area contributed by atoms with Gasteiger partial charge in [-0.1, -0.05) is 43.7 Å². The average molecular weight is 446 g/mol. The number of ether oxygens (including phenoxy) is 3. The van der Waals surface area contributed by atoms with Gasteiger partial charge in [-0.15, -0.1) is 11.3 Å². The van der Waals surface area contributed by atoms with Gasteiger partial charge in [-0.05, 0) is 54.4 Å². The zero-order valence-electron chi connectivity index (χ0n) is 18.2. The van der Waals surface area contributed by atoms with Gasteiger partial charge in [0.15, 0.2) is 0 Å². The van der Waals surface area contributed by atoms with Gasteiger partial charge in [-0.25, -0.2) is 4.98 Å². The summed E-state index contributed by atoms with van der Waals surface area (Å²) in [4.78, 5) is 4.36. The van der Waals surface area contributed by atoms with Crippen molar-refractivity contribution in [3.8, 4) is 34.3 Å². The SMILES string of the molecule is CCCc1cc(Oc2ccccc2)ccc1OCCCOc1cccc(-c2cscn2)c1. The Balaban J connectivity index is 1.28. The highest BCUT2D eigenvalue weighted by molar-refractivity contribution is 7.07. The molecule has 0 N–H and O–H groups in total. The molecule has 0 aliphatic heterocycles. The van der Waals surface area contributed by atoms with Crippen molar-refractivity contribution in [2.24, 2.45) is 0 Å². The van der Waals surface area contributed by atoms with E-state index in [0.717, 1.165) is 59.1 Å². The van der Waals surface area contributed by atoms with Crippen LogP contribution < -0.4 is 14.2 Å².